The minimum atomic E-state index is 0.855. The highest BCUT2D eigenvalue weighted by Crippen LogP contribution is 2.15. The minimum absolute atomic E-state index is 0.855. The Morgan fingerprint density at radius 3 is 3.00 bits per heavy atom. The van der Waals surface area contributed by atoms with Crippen LogP contribution in [0.3, 0.4) is 0 Å². The molecule has 0 amide bonds. The van der Waals surface area contributed by atoms with Crippen LogP contribution >= 0.6 is 15.9 Å². The number of likely N-dealkylation sites (N-methyl/N-ethyl adjacent to an activating group) is 1. The molecule has 0 fully saturated rings. The van der Waals surface area contributed by atoms with Gasteiger partial charge in [-0.05, 0) is 22.5 Å². The molecule has 66 valence electrons. The lowest BCUT2D eigenvalue weighted by Crippen LogP contribution is -2.33. The van der Waals surface area contributed by atoms with Gasteiger partial charge in [-0.2, -0.15) is 0 Å². The minimum Gasteiger partial charge on any atom is -0.303 e. The number of hydrogen-bond acceptors (Lipinski definition) is 3. The Hall–Kier alpha value is -0.420. The number of fused-ring (bicyclic) bond motifs is 1. The van der Waals surface area contributed by atoms with Crippen LogP contribution < -0.4 is 0 Å². The largest absolute Gasteiger partial charge is 0.303 e. The molecule has 5 heteroatoms. The van der Waals surface area contributed by atoms with Crippen molar-refractivity contribution in [1.82, 2.24) is 19.7 Å². The first-order valence-electron chi connectivity index (χ1n) is 4.11. The van der Waals surface area contributed by atoms with E-state index in [2.05, 4.69) is 42.5 Å². The zero-order chi connectivity index (χ0) is 8.55. The van der Waals surface area contributed by atoms with E-state index >= 15 is 0 Å². The summed E-state index contributed by atoms with van der Waals surface area (Å²) in [6.07, 6.45) is 0. The Morgan fingerprint density at radius 1 is 1.42 bits per heavy atom. The van der Waals surface area contributed by atoms with E-state index in [0.29, 0.717) is 0 Å². The molecule has 0 atom stereocenters. The van der Waals surface area contributed by atoms with E-state index < -0.39 is 0 Å². The van der Waals surface area contributed by atoms with Crippen molar-refractivity contribution in [2.75, 3.05) is 13.1 Å². The Balaban J connectivity index is 2.24. The average Bonchev–Trinajstić information content (AvgIpc) is 2.47. The van der Waals surface area contributed by atoms with Crippen LogP contribution in [0.2, 0.25) is 0 Å². The second kappa shape index (κ2) is 3.14. The monoisotopic (exact) mass is 230 g/mol. The van der Waals surface area contributed by atoms with Gasteiger partial charge in [0.25, 0.3) is 0 Å². The normalized spacial score (nSPS) is 17.8. The molecule has 1 aromatic rings. The van der Waals surface area contributed by atoms with Gasteiger partial charge in [0.2, 0.25) is 0 Å². The third-order valence-electron chi connectivity index (χ3n) is 2.23. The van der Waals surface area contributed by atoms with E-state index in [1.54, 1.807) is 0 Å². The van der Waals surface area contributed by atoms with Gasteiger partial charge in [-0.3, -0.25) is 4.90 Å². The lowest BCUT2D eigenvalue weighted by molar-refractivity contribution is 0.227. The quantitative estimate of drug-likeness (QED) is 0.719. The average molecular weight is 231 g/mol. The fourth-order valence-electron chi connectivity index (χ4n) is 1.44. The summed E-state index contributed by atoms with van der Waals surface area (Å²) in [5, 5.41) is 8.05. The molecule has 0 aromatic carbocycles. The third-order valence-corrected chi connectivity index (χ3v) is 2.82. The van der Waals surface area contributed by atoms with Gasteiger partial charge in [-0.25, -0.2) is 0 Å². The molecule has 4 nitrogen and oxygen atoms in total. The number of halogens is 1. The van der Waals surface area contributed by atoms with Gasteiger partial charge in [0.05, 0.1) is 6.54 Å². The summed E-state index contributed by atoms with van der Waals surface area (Å²) in [7, 11) is 0. The van der Waals surface area contributed by atoms with Gasteiger partial charge in [-0.1, -0.05) is 6.92 Å². The maximum atomic E-state index is 4.08. The van der Waals surface area contributed by atoms with E-state index in [9.17, 15) is 0 Å². The van der Waals surface area contributed by atoms with E-state index in [0.717, 1.165) is 36.7 Å². The van der Waals surface area contributed by atoms with Crippen molar-refractivity contribution in [2.24, 2.45) is 0 Å². The maximum absolute atomic E-state index is 4.08. The number of nitrogens with zero attached hydrogens (tertiary/aromatic N) is 4. The molecular formula is C7H11BrN4. The van der Waals surface area contributed by atoms with Crippen molar-refractivity contribution >= 4 is 15.9 Å². The van der Waals surface area contributed by atoms with Crippen LogP contribution in [0.15, 0.2) is 4.73 Å². The molecule has 2 rings (SSSR count). The molecule has 0 N–H and O–H groups in total. The van der Waals surface area contributed by atoms with Crippen LogP contribution in [0, 0.1) is 0 Å². The number of aromatic nitrogens is 3. The second-order valence-electron chi connectivity index (χ2n) is 2.91. The molecule has 0 saturated heterocycles. The standard InChI is InChI=1S/C7H11BrN4/c1-2-11-3-4-12-6(5-11)9-10-7(12)8/h2-5H2,1H3. The summed E-state index contributed by atoms with van der Waals surface area (Å²) in [5.74, 6) is 1.06. The second-order valence-corrected chi connectivity index (χ2v) is 3.61. The van der Waals surface area contributed by atoms with E-state index in [4.69, 9.17) is 0 Å². The lowest BCUT2D eigenvalue weighted by atomic mass is 10.3. The van der Waals surface area contributed by atoms with Gasteiger partial charge in [0, 0.05) is 13.1 Å². The SMILES string of the molecule is CCN1CCn2c(Br)nnc2C1. The lowest BCUT2D eigenvalue weighted by Gasteiger charge is -2.25. The zero-order valence-electron chi connectivity index (χ0n) is 7.00. The smallest absolute Gasteiger partial charge is 0.200 e. The van der Waals surface area contributed by atoms with Gasteiger partial charge in [0.15, 0.2) is 4.73 Å². The molecule has 0 spiro atoms. The summed E-state index contributed by atoms with van der Waals surface area (Å²) >= 11 is 3.36. The molecule has 0 bridgehead atoms. The number of hydrogen-bond donors (Lipinski definition) is 0. The van der Waals surface area contributed by atoms with Crippen LogP contribution in [0.1, 0.15) is 12.7 Å². The molecule has 1 aliphatic rings. The van der Waals surface area contributed by atoms with E-state index in [1.807, 2.05) is 0 Å². The first kappa shape index (κ1) is 8.19. The van der Waals surface area contributed by atoms with Crippen molar-refractivity contribution in [3.05, 3.63) is 10.6 Å². The van der Waals surface area contributed by atoms with E-state index in [1.165, 1.54) is 0 Å². The van der Waals surface area contributed by atoms with Crippen molar-refractivity contribution in [3.63, 3.8) is 0 Å². The highest BCUT2D eigenvalue weighted by atomic mass is 79.9. The highest BCUT2D eigenvalue weighted by Gasteiger charge is 2.18. The summed E-state index contributed by atoms with van der Waals surface area (Å²) in [5.41, 5.74) is 0. The molecule has 0 aliphatic carbocycles. The molecule has 0 radical (unpaired) electrons. The topological polar surface area (TPSA) is 34.0 Å². The van der Waals surface area contributed by atoms with Crippen LogP contribution in [-0.2, 0) is 13.1 Å². The van der Waals surface area contributed by atoms with E-state index in [-0.39, 0.29) is 0 Å². The molecule has 1 aliphatic heterocycles. The Labute approximate surface area is 79.7 Å². The van der Waals surface area contributed by atoms with Gasteiger partial charge >= 0.3 is 0 Å². The molecular weight excluding hydrogens is 220 g/mol. The molecule has 1 aromatic heterocycles. The van der Waals surface area contributed by atoms with Gasteiger partial charge in [-0.15, -0.1) is 10.2 Å². The maximum Gasteiger partial charge on any atom is 0.200 e. The highest BCUT2D eigenvalue weighted by molar-refractivity contribution is 9.10. The summed E-state index contributed by atoms with van der Waals surface area (Å²) < 4.78 is 2.97. The van der Waals surface area contributed by atoms with Crippen molar-refractivity contribution in [3.8, 4) is 0 Å². The van der Waals surface area contributed by atoms with Crippen LogP contribution in [0.4, 0.5) is 0 Å². The Bertz CT molecular complexity index is 283. The molecule has 0 saturated carbocycles. The van der Waals surface area contributed by atoms with Crippen molar-refractivity contribution in [1.29, 1.82) is 0 Å². The summed E-state index contributed by atoms with van der Waals surface area (Å²) in [6, 6.07) is 0. The summed E-state index contributed by atoms with van der Waals surface area (Å²) in [4.78, 5) is 2.36. The van der Waals surface area contributed by atoms with Crippen LogP contribution in [-0.4, -0.2) is 32.8 Å². The summed E-state index contributed by atoms with van der Waals surface area (Å²) in [6.45, 7) is 6.28. The predicted octanol–water partition coefficient (Wildman–Crippen LogP) is 0.876. The Morgan fingerprint density at radius 2 is 2.25 bits per heavy atom. The zero-order valence-corrected chi connectivity index (χ0v) is 8.58. The van der Waals surface area contributed by atoms with Crippen LogP contribution in [0.25, 0.3) is 0 Å². The molecule has 0 unspecified atom stereocenters. The third kappa shape index (κ3) is 1.27. The Kier molecular flexibility index (Phi) is 2.14. The predicted molar refractivity (Wildman–Crippen MR) is 48.7 cm³/mol. The fraction of sp³-hybridized carbons (Fsp3) is 0.714. The molecule has 2 heterocycles. The number of rotatable bonds is 1. The fourth-order valence-corrected chi connectivity index (χ4v) is 1.90. The van der Waals surface area contributed by atoms with Gasteiger partial charge in [0.1, 0.15) is 5.82 Å². The van der Waals surface area contributed by atoms with Gasteiger partial charge < -0.3 is 4.57 Å². The molecule has 12 heavy (non-hydrogen) atoms. The van der Waals surface area contributed by atoms with Crippen LogP contribution in [0.5, 0.6) is 0 Å². The van der Waals surface area contributed by atoms with Crippen molar-refractivity contribution < 1.29 is 0 Å². The van der Waals surface area contributed by atoms with Crippen molar-refractivity contribution in [2.45, 2.75) is 20.0 Å². The first-order chi connectivity index (χ1) is 5.81. The first-order valence-corrected chi connectivity index (χ1v) is 4.90.